The highest BCUT2D eigenvalue weighted by atomic mass is 79.9. The number of carbonyl (C=O) groups is 1. The van der Waals surface area contributed by atoms with Crippen LogP contribution in [-0.2, 0) is 0 Å². The molecule has 0 fully saturated rings. The minimum atomic E-state index is -0.662. The molecule has 102 valence electrons. The minimum Gasteiger partial charge on any atom is -0.393 e. The lowest BCUT2D eigenvalue weighted by Crippen LogP contribution is -2.14. The zero-order valence-electron chi connectivity index (χ0n) is 10.2. The van der Waals surface area contributed by atoms with Gasteiger partial charge in [0.25, 0.3) is 5.91 Å². The molecule has 0 saturated heterocycles. The van der Waals surface area contributed by atoms with E-state index in [1.165, 1.54) is 18.2 Å². The lowest BCUT2D eigenvalue weighted by Gasteiger charge is -2.07. The number of nitrogen functional groups attached to an aromatic ring is 1. The largest absolute Gasteiger partial charge is 0.393 e. The fraction of sp³-hybridized carbons (Fsp3) is 0. The van der Waals surface area contributed by atoms with Crippen molar-refractivity contribution in [1.29, 1.82) is 0 Å². The lowest BCUT2D eigenvalue weighted by molar-refractivity contribution is -0.384. The summed E-state index contributed by atoms with van der Waals surface area (Å²) in [6.45, 7) is 0. The zero-order valence-corrected chi connectivity index (χ0v) is 11.8. The molecule has 7 heteroatoms. The molecule has 2 aromatic carbocycles. The highest BCUT2D eigenvalue weighted by Gasteiger charge is 2.23. The average Bonchev–Trinajstić information content (AvgIpc) is 2.37. The van der Waals surface area contributed by atoms with E-state index in [9.17, 15) is 14.9 Å². The molecule has 0 unspecified atom stereocenters. The standard InChI is InChI=1S/C13H10BrN3O3/c14-8-3-1-4-9(7-8)16-13(18)10-5-2-6-11(15)12(10)17(19)20/h1-7H,15H2,(H,16,18). The molecule has 0 atom stereocenters. The molecule has 0 saturated carbocycles. The van der Waals surface area contributed by atoms with Crippen LogP contribution in [0.3, 0.4) is 0 Å². The first-order valence-corrected chi connectivity index (χ1v) is 6.38. The second-order valence-corrected chi connectivity index (χ2v) is 4.88. The fourth-order valence-corrected chi connectivity index (χ4v) is 2.11. The summed E-state index contributed by atoms with van der Waals surface area (Å²) in [6.07, 6.45) is 0. The van der Waals surface area contributed by atoms with Crippen molar-refractivity contribution in [1.82, 2.24) is 0 Å². The number of para-hydroxylation sites is 1. The number of nitro benzene ring substituents is 1. The van der Waals surface area contributed by atoms with Crippen LogP contribution in [0.1, 0.15) is 10.4 Å². The van der Waals surface area contributed by atoms with Crippen LogP contribution in [0.5, 0.6) is 0 Å². The smallest absolute Gasteiger partial charge is 0.304 e. The molecule has 0 aliphatic heterocycles. The van der Waals surface area contributed by atoms with E-state index in [0.29, 0.717) is 5.69 Å². The molecular formula is C13H10BrN3O3. The van der Waals surface area contributed by atoms with Crippen molar-refractivity contribution in [3.63, 3.8) is 0 Å². The molecule has 2 rings (SSSR count). The Morgan fingerprint density at radius 2 is 1.95 bits per heavy atom. The second kappa shape index (κ2) is 5.70. The SMILES string of the molecule is Nc1cccc(C(=O)Nc2cccc(Br)c2)c1[N+](=O)[O-]. The first-order valence-electron chi connectivity index (χ1n) is 5.59. The molecule has 0 heterocycles. The molecule has 0 aromatic heterocycles. The average molecular weight is 336 g/mol. The maximum atomic E-state index is 12.1. The maximum Gasteiger partial charge on any atom is 0.304 e. The third kappa shape index (κ3) is 2.94. The van der Waals surface area contributed by atoms with Crippen molar-refractivity contribution >= 4 is 38.9 Å². The van der Waals surface area contributed by atoms with E-state index < -0.39 is 10.8 Å². The van der Waals surface area contributed by atoms with Gasteiger partial charge in [-0.25, -0.2) is 0 Å². The van der Waals surface area contributed by atoms with Crippen molar-refractivity contribution in [3.8, 4) is 0 Å². The van der Waals surface area contributed by atoms with Gasteiger partial charge in [-0.15, -0.1) is 0 Å². The number of amides is 1. The first-order chi connectivity index (χ1) is 9.49. The molecule has 0 aliphatic rings. The van der Waals surface area contributed by atoms with Gasteiger partial charge in [0, 0.05) is 10.2 Å². The number of hydrogen-bond acceptors (Lipinski definition) is 4. The van der Waals surface area contributed by atoms with Gasteiger partial charge in [0.1, 0.15) is 11.3 Å². The maximum absolute atomic E-state index is 12.1. The molecule has 0 aliphatic carbocycles. The van der Waals surface area contributed by atoms with Gasteiger partial charge in [0.2, 0.25) is 0 Å². The predicted octanol–water partition coefficient (Wildman–Crippen LogP) is 3.19. The summed E-state index contributed by atoms with van der Waals surface area (Å²) in [7, 11) is 0. The van der Waals surface area contributed by atoms with E-state index in [4.69, 9.17) is 5.73 Å². The summed E-state index contributed by atoms with van der Waals surface area (Å²) in [5.41, 5.74) is 5.57. The van der Waals surface area contributed by atoms with Crippen molar-refractivity contribution in [2.75, 3.05) is 11.1 Å². The van der Waals surface area contributed by atoms with Gasteiger partial charge >= 0.3 is 5.69 Å². The van der Waals surface area contributed by atoms with Crippen LogP contribution in [0.4, 0.5) is 17.1 Å². The number of hydrogen-bond donors (Lipinski definition) is 2. The van der Waals surface area contributed by atoms with Crippen LogP contribution in [-0.4, -0.2) is 10.8 Å². The van der Waals surface area contributed by atoms with Crippen LogP contribution in [0.2, 0.25) is 0 Å². The van der Waals surface area contributed by atoms with Crippen LogP contribution < -0.4 is 11.1 Å². The number of nitrogens with two attached hydrogens (primary N) is 1. The van der Waals surface area contributed by atoms with Crippen molar-refractivity contribution in [3.05, 3.63) is 62.6 Å². The molecule has 0 radical (unpaired) electrons. The van der Waals surface area contributed by atoms with Gasteiger partial charge in [0.05, 0.1) is 4.92 Å². The Balaban J connectivity index is 2.35. The number of nitrogens with zero attached hydrogens (tertiary/aromatic N) is 1. The zero-order chi connectivity index (χ0) is 14.7. The van der Waals surface area contributed by atoms with E-state index in [2.05, 4.69) is 21.2 Å². The van der Waals surface area contributed by atoms with E-state index >= 15 is 0 Å². The third-order valence-corrected chi connectivity index (χ3v) is 3.07. The Hall–Kier alpha value is -2.41. The monoisotopic (exact) mass is 335 g/mol. The van der Waals surface area contributed by atoms with Gasteiger partial charge < -0.3 is 11.1 Å². The Morgan fingerprint density at radius 1 is 1.25 bits per heavy atom. The second-order valence-electron chi connectivity index (χ2n) is 3.96. The summed E-state index contributed by atoms with van der Waals surface area (Å²) in [5, 5.41) is 13.6. The summed E-state index contributed by atoms with van der Waals surface area (Å²) < 4.78 is 0.789. The van der Waals surface area contributed by atoms with E-state index in [1.807, 2.05) is 0 Å². The van der Waals surface area contributed by atoms with Gasteiger partial charge in [-0.1, -0.05) is 28.1 Å². The van der Waals surface area contributed by atoms with Gasteiger partial charge in [-0.05, 0) is 30.3 Å². The topological polar surface area (TPSA) is 98.3 Å². The number of nitrogens with one attached hydrogen (secondary N) is 1. The number of rotatable bonds is 3. The van der Waals surface area contributed by atoms with Crippen molar-refractivity contribution < 1.29 is 9.72 Å². The Bertz CT molecular complexity index is 688. The fourth-order valence-electron chi connectivity index (χ4n) is 1.71. The molecular weight excluding hydrogens is 326 g/mol. The normalized spacial score (nSPS) is 10.1. The Labute approximate surface area is 122 Å². The van der Waals surface area contributed by atoms with Crippen LogP contribution in [0.25, 0.3) is 0 Å². The van der Waals surface area contributed by atoms with E-state index in [0.717, 1.165) is 4.47 Å². The summed E-state index contributed by atoms with van der Waals surface area (Å²) >= 11 is 3.28. The minimum absolute atomic E-state index is 0.0445. The lowest BCUT2D eigenvalue weighted by atomic mass is 10.1. The molecule has 0 bridgehead atoms. The van der Waals surface area contributed by atoms with Gasteiger partial charge in [-0.2, -0.15) is 0 Å². The van der Waals surface area contributed by atoms with Gasteiger partial charge in [0.15, 0.2) is 0 Å². The highest BCUT2D eigenvalue weighted by molar-refractivity contribution is 9.10. The van der Waals surface area contributed by atoms with E-state index in [1.54, 1.807) is 24.3 Å². The number of anilines is 2. The molecule has 1 amide bonds. The highest BCUT2D eigenvalue weighted by Crippen LogP contribution is 2.27. The molecule has 3 N–H and O–H groups in total. The Kier molecular flexibility index (Phi) is 3.99. The molecule has 0 spiro atoms. The van der Waals surface area contributed by atoms with Crippen molar-refractivity contribution in [2.45, 2.75) is 0 Å². The van der Waals surface area contributed by atoms with Crippen LogP contribution >= 0.6 is 15.9 Å². The first kappa shape index (κ1) is 14.0. The molecule has 2 aromatic rings. The Morgan fingerprint density at radius 3 is 2.60 bits per heavy atom. The third-order valence-electron chi connectivity index (χ3n) is 2.58. The summed E-state index contributed by atoms with van der Waals surface area (Å²) in [4.78, 5) is 22.4. The predicted molar refractivity (Wildman–Crippen MR) is 79.6 cm³/mol. The number of carbonyl (C=O) groups excluding carboxylic acids is 1. The number of nitro groups is 1. The quantitative estimate of drug-likeness (QED) is 0.511. The van der Waals surface area contributed by atoms with E-state index in [-0.39, 0.29) is 16.9 Å². The summed E-state index contributed by atoms with van der Waals surface area (Å²) in [6, 6.07) is 11.2. The molecule has 6 nitrogen and oxygen atoms in total. The summed E-state index contributed by atoms with van der Waals surface area (Å²) in [5.74, 6) is -0.581. The molecule has 20 heavy (non-hydrogen) atoms. The van der Waals surface area contributed by atoms with Crippen LogP contribution in [0, 0.1) is 10.1 Å². The number of halogens is 1. The van der Waals surface area contributed by atoms with Crippen LogP contribution in [0.15, 0.2) is 46.9 Å². The van der Waals surface area contributed by atoms with Gasteiger partial charge in [-0.3, -0.25) is 14.9 Å². The number of benzene rings is 2. The van der Waals surface area contributed by atoms with Crippen molar-refractivity contribution in [2.24, 2.45) is 0 Å².